The molecule has 19 heavy (non-hydrogen) atoms. The maximum Gasteiger partial charge on any atom is 0.419 e. The van der Waals surface area contributed by atoms with Crippen LogP contribution in [-0.2, 0) is 11.8 Å². The summed E-state index contributed by atoms with van der Waals surface area (Å²) in [5, 5.41) is 0. The third-order valence-corrected chi connectivity index (χ3v) is 3.27. The van der Waals surface area contributed by atoms with E-state index in [2.05, 4.69) is 0 Å². The summed E-state index contributed by atoms with van der Waals surface area (Å²) in [6, 6.07) is 5.21. The molecule has 0 aliphatic carbocycles. The Morgan fingerprint density at radius 3 is 2.84 bits per heavy atom. The summed E-state index contributed by atoms with van der Waals surface area (Å²) in [6.07, 6.45) is 0. The Bertz CT molecular complexity index is 671. The Morgan fingerprint density at radius 2 is 2.21 bits per heavy atom. The first-order valence-corrected chi connectivity index (χ1v) is 6.03. The number of anilines is 1. The van der Waals surface area contributed by atoms with Crippen LogP contribution in [0.2, 0.25) is 0 Å². The molecule has 1 heterocycles. The molecule has 0 radical (unpaired) electrons. The van der Waals surface area contributed by atoms with Crippen molar-refractivity contribution in [3.8, 4) is 0 Å². The highest BCUT2D eigenvalue weighted by atomic mass is 16.4. The number of rotatable bonds is 3. The van der Waals surface area contributed by atoms with Gasteiger partial charge in [0, 0.05) is 38.3 Å². The lowest BCUT2D eigenvalue weighted by Gasteiger charge is -2.20. The molecule has 0 saturated heterocycles. The Hall–Kier alpha value is -2.08. The van der Waals surface area contributed by atoms with E-state index in [1.54, 1.807) is 39.2 Å². The van der Waals surface area contributed by atoms with Gasteiger partial charge in [0.05, 0.1) is 5.52 Å². The van der Waals surface area contributed by atoms with Crippen LogP contribution in [0.5, 0.6) is 0 Å². The molecule has 0 saturated carbocycles. The molecule has 0 aliphatic heterocycles. The minimum Gasteiger partial charge on any atom is -0.408 e. The molecule has 1 aromatic heterocycles. The highest BCUT2D eigenvalue weighted by Gasteiger charge is 2.18. The summed E-state index contributed by atoms with van der Waals surface area (Å²) in [4.78, 5) is 25.0. The van der Waals surface area contributed by atoms with Crippen LogP contribution < -0.4 is 16.4 Å². The van der Waals surface area contributed by atoms with Gasteiger partial charge in [-0.25, -0.2) is 4.79 Å². The van der Waals surface area contributed by atoms with Gasteiger partial charge < -0.3 is 15.1 Å². The second-order valence-electron chi connectivity index (χ2n) is 4.61. The van der Waals surface area contributed by atoms with Gasteiger partial charge in [-0.2, -0.15) is 0 Å². The van der Waals surface area contributed by atoms with Gasteiger partial charge >= 0.3 is 5.76 Å². The molecule has 1 unspecified atom stereocenters. The van der Waals surface area contributed by atoms with Gasteiger partial charge in [0.1, 0.15) is 0 Å². The SMILES string of the molecule is CC(CN)C(=O)N(C)c1ccc2c(c1)oc(=O)n2C. The molecule has 0 fully saturated rings. The van der Waals surface area contributed by atoms with Crippen molar-refractivity contribution in [2.45, 2.75) is 6.92 Å². The van der Waals surface area contributed by atoms with E-state index in [1.165, 1.54) is 9.47 Å². The molecule has 102 valence electrons. The first-order valence-electron chi connectivity index (χ1n) is 6.03. The molecule has 2 aromatic rings. The lowest BCUT2D eigenvalue weighted by Crippen LogP contribution is -2.35. The van der Waals surface area contributed by atoms with Crippen molar-refractivity contribution < 1.29 is 9.21 Å². The van der Waals surface area contributed by atoms with Gasteiger partial charge in [-0.1, -0.05) is 6.92 Å². The molecular weight excluding hydrogens is 246 g/mol. The molecule has 2 rings (SSSR count). The van der Waals surface area contributed by atoms with E-state index in [0.717, 1.165) is 0 Å². The first kappa shape index (κ1) is 13.4. The normalized spacial score (nSPS) is 12.6. The number of carbonyl (C=O) groups is 1. The minimum absolute atomic E-state index is 0.0693. The molecule has 0 aliphatic rings. The van der Waals surface area contributed by atoms with Crippen molar-refractivity contribution in [3.05, 3.63) is 28.7 Å². The second-order valence-corrected chi connectivity index (χ2v) is 4.61. The number of benzene rings is 1. The van der Waals surface area contributed by atoms with Crippen LogP contribution >= 0.6 is 0 Å². The zero-order valence-corrected chi connectivity index (χ0v) is 11.2. The topological polar surface area (TPSA) is 81.5 Å². The number of amides is 1. The van der Waals surface area contributed by atoms with Gasteiger partial charge in [0.15, 0.2) is 5.58 Å². The van der Waals surface area contributed by atoms with E-state index < -0.39 is 5.76 Å². The second kappa shape index (κ2) is 4.89. The molecule has 2 N–H and O–H groups in total. The predicted molar refractivity (Wildman–Crippen MR) is 73.1 cm³/mol. The fraction of sp³-hybridized carbons (Fsp3) is 0.385. The van der Waals surface area contributed by atoms with Gasteiger partial charge in [-0.3, -0.25) is 9.36 Å². The number of oxazole rings is 1. The van der Waals surface area contributed by atoms with Crippen molar-refractivity contribution in [1.29, 1.82) is 0 Å². The van der Waals surface area contributed by atoms with E-state index >= 15 is 0 Å². The lowest BCUT2D eigenvalue weighted by molar-refractivity contribution is -0.121. The van der Waals surface area contributed by atoms with Gasteiger partial charge in [0.2, 0.25) is 5.91 Å². The number of aryl methyl sites for hydroxylation is 1. The Labute approximate surface area is 110 Å². The molecular formula is C13H17N3O3. The number of nitrogens with zero attached hydrogens (tertiary/aromatic N) is 2. The third-order valence-electron chi connectivity index (χ3n) is 3.27. The van der Waals surface area contributed by atoms with Gasteiger partial charge in [-0.15, -0.1) is 0 Å². The molecule has 1 atom stereocenters. The van der Waals surface area contributed by atoms with Crippen LogP contribution in [0, 0.1) is 5.92 Å². The van der Waals surface area contributed by atoms with Crippen molar-refractivity contribution >= 4 is 22.7 Å². The number of hydrogen-bond acceptors (Lipinski definition) is 4. The Kier molecular flexibility index (Phi) is 3.44. The number of fused-ring (bicyclic) bond motifs is 1. The highest BCUT2D eigenvalue weighted by Crippen LogP contribution is 2.21. The summed E-state index contributed by atoms with van der Waals surface area (Å²) in [7, 11) is 3.32. The highest BCUT2D eigenvalue weighted by molar-refractivity contribution is 5.96. The van der Waals surface area contributed by atoms with E-state index in [1.807, 2.05) is 0 Å². The summed E-state index contributed by atoms with van der Waals surface area (Å²) in [5.41, 5.74) is 7.32. The monoisotopic (exact) mass is 263 g/mol. The summed E-state index contributed by atoms with van der Waals surface area (Å²) in [5.74, 6) is -0.736. The molecule has 0 spiro atoms. The van der Waals surface area contributed by atoms with Crippen LogP contribution in [0.15, 0.2) is 27.4 Å². The van der Waals surface area contributed by atoms with Crippen molar-refractivity contribution in [2.75, 3.05) is 18.5 Å². The van der Waals surface area contributed by atoms with E-state index in [0.29, 0.717) is 23.3 Å². The van der Waals surface area contributed by atoms with Crippen LogP contribution in [0.1, 0.15) is 6.92 Å². The third kappa shape index (κ3) is 2.26. The fourth-order valence-corrected chi connectivity index (χ4v) is 1.89. The molecule has 1 amide bonds. The number of nitrogens with two attached hydrogens (primary N) is 1. The van der Waals surface area contributed by atoms with Gasteiger partial charge in [-0.05, 0) is 12.1 Å². The first-order chi connectivity index (χ1) is 8.95. The smallest absolute Gasteiger partial charge is 0.408 e. The average Bonchev–Trinajstić information content (AvgIpc) is 2.71. The quantitative estimate of drug-likeness (QED) is 0.883. The molecule has 6 nitrogen and oxygen atoms in total. The average molecular weight is 263 g/mol. The maximum atomic E-state index is 12.0. The molecule has 0 bridgehead atoms. The van der Waals surface area contributed by atoms with Gasteiger partial charge in [0.25, 0.3) is 0 Å². The maximum absolute atomic E-state index is 12.0. The summed E-state index contributed by atoms with van der Waals surface area (Å²) in [6.45, 7) is 2.08. The molecule has 1 aromatic carbocycles. The van der Waals surface area contributed by atoms with E-state index in [4.69, 9.17) is 10.2 Å². The number of hydrogen-bond donors (Lipinski definition) is 1. The largest absolute Gasteiger partial charge is 0.419 e. The van der Waals surface area contributed by atoms with Crippen LogP contribution in [0.25, 0.3) is 11.1 Å². The number of carbonyl (C=O) groups excluding carboxylic acids is 1. The van der Waals surface area contributed by atoms with Crippen molar-refractivity contribution in [2.24, 2.45) is 18.7 Å². The number of aromatic nitrogens is 1. The van der Waals surface area contributed by atoms with E-state index in [9.17, 15) is 9.59 Å². The molecule has 6 heteroatoms. The standard InChI is InChI=1S/C13H17N3O3/c1-8(7-14)12(17)15(2)9-4-5-10-11(6-9)19-13(18)16(10)3/h4-6,8H,7,14H2,1-3H3. The van der Waals surface area contributed by atoms with Crippen LogP contribution in [0.3, 0.4) is 0 Å². The Balaban J connectivity index is 2.41. The zero-order valence-electron chi connectivity index (χ0n) is 11.2. The van der Waals surface area contributed by atoms with Crippen LogP contribution in [0.4, 0.5) is 5.69 Å². The van der Waals surface area contributed by atoms with Crippen LogP contribution in [-0.4, -0.2) is 24.1 Å². The predicted octanol–water partition coefficient (Wildman–Crippen LogP) is 0.689. The van der Waals surface area contributed by atoms with E-state index in [-0.39, 0.29) is 11.8 Å². The summed E-state index contributed by atoms with van der Waals surface area (Å²) >= 11 is 0. The lowest BCUT2D eigenvalue weighted by atomic mass is 10.1. The Morgan fingerprint density at radius 1 is 1.53 bits per heavy atom. The fourth-order valence-electron chi connectivity index (χ4n) is 1.89. The van der Waals surface area contributed by atoms with Crippen molar-refractivity contribution in [1.82, 2.24) is 4.57 Å². The van der Waals surface area contributed by atoms with Crippen molar-refractivity contribution in [3.63, 3.8) is 0 Å². The summed E-state index contributed by atoms with van der Waals surface area (Å²) < 4.78 is 6.52. The minimum atomic E-state index is -0.420. The zero-order chi connectivity index (χ0) is 14.2.